The van der Waals surface area contributed by atoms with Crippen LogP contribution >= 0.6 is 0 Å². The first-order valence-corrected chi connectivity index (χ1v) is 9.36. The molecule has 5 nitrogen and oxygen atoms in total. The van der Waals surface area contributed by atoms with Crippen molar-refractivity contribution in [2.24, 2.45) is 0 Å². The third-order valence-corrected chi connectivity index (χ3v) is 4.72. The highest BCUT2D eigenvalue weighted by atomic mass is 16.3. The zero-order valence-electron chi connectivity index (χ0n) is 15.9. The van der Waals surface area contributed by atoms with Crippen molar-refractivity contribution in [1.82, 2.24) is 5.32 Å². The predicted molar refractivity (Wildman–Crippen MR) is 113 cm³/mol. The number of carbonyl (C=O) groups excluding carboxylic acids is 2. The molecule has 0 bridgehead atoms. The highest BCUT2D eigenvalue weighted by molar-refractivity contribution is 6.09. The lowest BCUT2D eigenvalue weighted by Gasteiger charge is -2.16. The van der Waals surface area contributed by atoms with Crippen LogP contribution in [0.4, 0.5) is 5.69 Å². The Morgan fingerprint density at radius 1 is 0.828 bits per heavy atom. The molecule has 4 rings (SSSR count). The largest absolute Gasteiger partial charge is 0.451 e. The number of hydrogen-bond donors (Lipinski definition) is 2. The van der Waals surface area contributed by atoms with Crippen molar-refractivity contribution in [2.75, 3.05) is 5.32 Å². The van der Waals surface area contributed by atoms with Gasteiger partial charge < -0.3 is 15.1 Å². The predicted octanol–water partition coefficient (Wildman–Crippen LogP) is 5.18. The molecule has 5 heteroatoms. The number of benzene rings is 3. The van der Waals surface area contributed by atoms with E-state index in [1.165, 1.54) is 0 Å². The average molecular weight is 384 g/mol. The van der Waals surface area contributed by atoms with Gasteiger partial charge in [-0.05, 0) is 36.8 Å². The van der Waals surface area contributed by atoms with E-state index >= 15 is 0 Å². The van der Waals surface area contributed by atoms with E-state index in [0.717, 1.165) is 10.9 Å². The molecule has 3 aromatic carbocycles. The lowest BCUT2D eigenvalue weighted by Crippen LogP contribution is -2.28. The standard InChI is InChI=1S/C24H20N2O3/c1-16(17-9-3-2-4-10-17)25-23(27)19-12-6-7-13-20(19)26-24(28)22-15-18-11-5-8-14-21(18)29-22/h2-16H,1H3,(H,25,27)(H,26,28)/t16-/m1/s1. The SMILES string of the molecule is C[C@@H](NC(=O)c1ccccc1NC(=O)c1cc2ccccc2o1)c1ccccc1. The molecular formula is C24H20N2O3. The first-order chi connectivity index (χ1) is 14.1. The fourth-order valence-corrected chi connectivity index (χ4v) is 3.17. The fourth-order valence-electron chi connectivity index (χ4n) is 3.17. The second-order valence-corrected chi connectivity index (χ2v) is 6.75. The number of rotatable bonds is 5. The minimum absolute atomic E-state index is 0.164. The van der Waals surface area contributed by atoms with Gasteiger partial charge >= 0.3 is 0 Å². The summed E-state index contributed by atoms with van der Waals surface area (Å²) in [6.07, 6.45) is 0. The molecule has 2 N–H and O–H groups in total. The number of carbonyl (C=O) groups is 2. The summed E-state index contributed by atoms with van der Waals surface area (Å²) in [5.41, 5.74) is 2.46. The number of nitrogens with one attached hydrogen (secondary N) is 2. The van der Waals surface area contributed by atoms with Crippen molar-refractivity contribution < 1.29 is 14.0 Å². The van der Waals surface area contributed by atoms with Crippen molar-refractivity contribution in [3.63, 3.8) is 0 Å². The van der Waals surface area contributed by atoms with E-state index in [4.69, 9.17) is 4.42 Å². The summed E-state index contributed by atoms with van der Waals surface area (Å²) in [4.78, 5) is 25.5. The number of furan rings is 1. The first kappa shape index (κ1) is 18.5. The van der Waals surface area contributed by atoms with Crippen LogP contribution in [0.15, 0.2) is 89.3 Å². The van der Waals surface area contributed by atoms with Crippen molar-refractivity contribution in [3.8, 4) is 0 Å². The Hall–Kier alpha value is -3.86. The zero-order valence-corrected chi connectivity index (χ0v) is 15.9. The van der Waals surface area contributed by atoms with Gasteiger partial charge in [0.05, 0.1) is 17.3 Å². The number of fused-ring (bicyclic) bond motifs is 1. The van der Waals surface area contributed by atoms with Crippen molar-refractivity contribution in [2.45, 2.75) is 13.0 Å². The smallest absolute Gasteiger partial charge is 0.291 e. The summed E-state index contributed by atoms with van der Waals surface area (Å²) in [7, 11) is 0. The topological polar surface area (TPSA) is 71.3 Å². The highest BCUT2D eigenvalue weighted by Crippen LogP contribution is 2.22. The van der Waals surface area contributed by atoms with Crippen LogP contribution in [0.2, 0.25) is 0 Å². The van der Waals surface area contributed by atoms with Gasteiger partial charge in [-0.2, -0.15) is 0 Å². The molecule has 29 heavy (non-hydrogen) atoms. The molecule has 0 saturated carbocycles. The molecule has 1 aromatic heterocycles. The Kier molecular flexibility index (Phi) is 5.12. The fraction of sp³-hybridized carbons (Fsp3) is 0.0833. The molecule has 144 valence electrons. The molecule has 0 aliphatic carbocycles. The van der Waals surface area contributed by atoms with Gasteiger partial charge in [-0.3, -0.25) is 9.59 Å². The third-order valence-electron chi connectivity index (χ3n) is 4.72. The van der Waals surface area contributed by atoms with E-state index in [1.807, 2.05) is 55.5 Å². The third kappa shape index (κ3) is 4.04. The molecule has 0 radical (unpaired) electrons. The normalized spacial score (nSPS) is 11.8. The minimum Gasteiger partial charge on any atom is -0.451 e. The molecule has 0 aliphatic heterocycles. The summed E-state index contributed by atoms with van der Waals surface area (Å²) < 4.78 is 5.61. The Labute approximate surface area is 168 Å². The molecule has 4 aromatic rings. The lowest BCUT2D eigenvalue weighted by atomic mass is 10.1. The van der Waals surface area contributed by atoms with E-state index in [2.05, 4.69) is 10.6 Å². The molecular weight excluding hydrogens is 364 g/mol. The van der Waals surface area contributed by atoms with Gasteiger partial charge in [0.15, 0.2) is 5.76 Å². The van der Waals surface area contributed by atoms with Gasteiger partial charge in [-0.1, -0.05) is 60.7 Å². The van der Waals surface area contributed by atoms with Crippen molar-refractivity contribution in [1.29, 1.82) is 0 Å². The van der Waals surface area contributed by atoms with E-state index < -0.39 is 5.91 Å². The Bertz CT molecular complexity index is 1130. The summed E-state index contributed by atoms with van der Waals surface area (Å²) in [6.45, 7) is 1.92. The van der Waals surface area contributed by atoms with Crippen LogP contribution in [-0.2, 0) is 0 Å². The average Bonchev–Trinajstić information content (AvgIpc) is 3.19. The van der Waals surface area contributed by atoms with E-state index in [0.29, 0.717) is 16.8 Å². The Balaban J connectivity index is 1.53. The van der Waals surface area contributed by atoms with Crippen molar-refractivity contribution in [3.05, 3.63) is 102 Å². The van der Waals surface area contributed by atoms with Crippen LogP contribution in [0.1, 0.15) is 39.4 Å². The molecule has 0 spiro atoms. The Morgan fingerprint density at radius 2 is 1.52 bits per heavy atom. The maximum atomic E-state index is 12.8. The van der Waals surface area contributed by atoms with Gasteiger partial charge in [0, 0.05) is 5.39 Å². The number of amides is 2. The molecule has 1 heterocycles. The van der Waals surface area contributed by atoms with Crippen LogP contribution in [0, 0.1) is 0 Å². The van der Waals surface area contributed by atoms with Crippen LogP contribution in [0.3, 0.4) is 0 Å². The maximum absolute atomic E-state index is 12.8. The number of anilines is 1. The molecule has 0 fully saturated rings. The number of hydrogen-bond acceptors (Lipinski definition) is 3. The summed E-state index contributed by atoms with van der Waals surface area (Å²) in [5, 5.41) is 6.61. The highest BCUT2D eigenvalue weighted by Gasteiger charge is 2.18. The van der Waals surface area contributed by atoms with Crippen molar-refractivity contribution >= 4 is 28.5 Å². The molecule has 0 saturated heterocycles. The number of para-hydroxylation sites is 2. The van der Waals surface area contributed by atoms with Crippen LogP contribution in [-0.4, -0.2) is 11.8 Å². The Morgan fingerprint density at radius 3 is 2.31 bits per heavy atom. The second kappa shape index (κ2) is 8.02. The van der Waals surface area contributed by atoms with E-state index in [-0.39, 0.29) is 17.7 Å². The molecule has 0 unspecified atom stereocenters. The zero-order chi connectivity index (χ0) is 20.2. The molecule has 1 atom stereocenters. The van der Waals surface area contributed by atoms with Gasteiger partial charge in [0.25, 0.3) is 11.8 Å². The van der Waals surface area contributed by atoms with E-state index in [9.17, 15) is 9.59 Å². The van der Waals surface area contributed by atoms with Gasteiger partial charge in [0.1, 0.15) is 5.58 Å². The molecule has 2 amide bonds. The van der Waals surface area contributed by atoms with Gasteiger partial charge in [-0.15, -0.1) is 0 Å². The summed E-state index contributed by atoms with van der Waals surface area (Å²) in [5.74, 6) is -0.474. The van der Waals surface area contributed by atoms with Gasteiger partial charge in [0.2, 0.25) is 0 Å². The van der Waals surface area contributed by atoms with E-state index in [1.54, 1.807) is 36.4 Å². The minimum atomic E-state index is -0.405. The quantitative estimate of drug-likeness (QED) is 0.498. The summed E-state index contributed by atoms with van der Waals surface area (Å²) >= 11 is 0. The molecule has 0 aliphatic rings. The monoisotopic (exact) mass is 384 g/mol. The van der Waals surface area contributed by atoms with Crippen LogP contribution in [0.25, 0.3) is 11.0 Å². The second-order valence-electron chi connectivity index (χ2n) is 6.75. The first-order valence-electron chi connectivity index (χ1n) is 9.36. The van der Waals surface area contributed by atoms with Gasteiger partial charge in [-0.25, -0.2) is 0 Å². The van der Waals surface area contributed by atoms with Crippen LogP contribution in [0.5, 0.6) is 0 Å². The maximum Gasteiger partial charge on any atom is 0.291 e. The lowest BCUT2D eigenvalue weighted by molar-refractivity contribution is 0.0940. The summed E-state index contributed by atoms with van der Waals surface area (Å²) in [6, 6.07) is 25.6. The van der Waals surface area contributed by atoms with Crippen LogP contribution < -0.4 is 10.6 Å².